The highest BCUT2D eigenvalue weighted by molar-refractivity contribution is 5.83. The number of nitrogens with zero attached hydrogens (tertiary/aromatic N) is 3. The first-order valence-electron chi connectivity index (χ1n) is 9.11. The maximum Gasteiger partial charge on any atom is 0.522 e. The number of ether oxygens (including phenoxy) is 1. The van der Waals surface area contributed by atoms with Gasteiger partial charge in [0.2, 0.25) is 5.91 Å². The molecule has 2 aliphatic rings. The van der Waals surface area contributed by atoms with Gasteiger partial charge in [-0.25, -0.2) is 0 Å². The Morgan fingerprint density at radius 3 is 2.36 bits per heavy atom. The summed E-state index contributed by atoms with van der Waals surface area (Å²) in [4.78, 5) is 29.3. The van der Waals surface area contributed by atoms with E-state index >= 15 is 0 Å². The molecule has 1 aromatic heterocycles. The second-order valence-corrected chi connectivity index (χ2v) is 6.63. The number of likely N-dealkylation sites (tertiary alicyclic amines) is 2. The second kappa shape index (κ2) is 10.4. The molecule has 1 aromatic rings. The third-order valence-corrected chi connectivity index (χ3v) is 4.79. The molecule has 0 aromatic carbocycles. The molecule has 28 heavy (non-hydrogen) atoms. The number of hydrogen-bond acceptors (Lipinski definition) is 5. The van der Waals surface area contributed by atoms with Crippen LogP contribution < -0.4 is 0 Å². The Balaban J connectivity index is 0.000000878. The lowest BCUT2D eigenvalue weighted by Crippen LogP contribution is -2.47. The fraction of sp³-hybridized carbons (Fsp3) is 0.611. The Morgan fingerprint density at radius 1 is 1.25 bits per heavy atom. The molecule has 10 heteroatoms. The number of pyridine rings is 1. The summed E-state index contributed by atoms with van der Waals surface area (Å²) in [7, 11) is 0. The van der Waals surface area contributed by atoms with Crippen molar-refractivity contribution in [1.29, 1.82) is 0 Å². The number of halogens is 3. The number of aromatic nitrogens is 1. The van der Waals surface area contributed by atoms with Crippen molar-refractivity contribution in [3.63, 3.8) is 0 Å². The summed E-state index contributed by atoms with van der Waals surface area (Å²) in [5, 5.41) is 6.89. The number of piperidine rings is 1. The van der Waals surface area contributed by atoms with E-state index in [4.69, 9.17) is 9.90 Å². The molecule has 7 nitrogen and oxygen atoms in total. The summed E-state index contributed by atoms with van der Waals surface area (Å²) in [6, 6.07) is 3.28. The van der Waals surface area contributed by atoms with Gasteiger partial charge in [-0.3, -0.25) is 24.2 Å². The van der Waals surface area contributed by atoms with Crippen LogP contribution in [0.5, 0.6) is 0 Å². The molecule has 156 valence electrons. The Hall–Kier alpha value is -2.20. The quantitative estimate of drug-likeness (QED) is 0.778. The molecule has 2 fully saturated rings. The lowest BCUT2D eigenvalue weighted by molar-refractivity contribution is -0.345. The minimum absolute atomic E-state index is 0.0552. The molecule has 3 rings (SSSR count). The third kappa shape index (κ3) is 6.45. The van der Waals surface area contributed by atoms with E-state index in [2.05, 4.69) is 14.6 Å². The summed E-state index contributed by atoms with van der Waals surface area (Å²) in [6.07, 6.45) is 0.361. The lowest BCUT2D eigenvalue weighted by atomic mass is 10.0. The van der Waals surface area contributed by atoms with Gasteiger partial charge in [0.25, 0.3) is 6.47 Å². The first-order chi connectivity index (χ1) is 13.4. The molecular weight excluding hydrogens is 379 g/mol. The molecular formula is C18H24F3N3O4. The normalized spacial score (nSPS) is 19.6. The summed E-state index contributed by atoms with van der Waals surface area (Å²) in [5.74, 6) is -0.0552. The monoisotopic (exact) mass is 403 g/mol. The second-order valence-electron chi connectivity index (χ2n) is 6.63. The van der Waals surface area contributed by atoms with Crippen molar-refractivity contribution < 1.29 is 32.6 Å². The standard InChI is InChI=1S/C17H22F3N3O2.CH2O2/c18-17(19,20)25-14-5-10-23(11-6-14)16(24)15(22-8-1-2-9-22)13-4-3-7-21-12-13;2-1-3/h3-4,7,12,14-15H,1-2,5-6,8-11H2;1H,(H,2,3). The molecule has 1 atom stereocenters. The predicted octanol–water partition coefficient (Wildman–Crippen LogP) is 2.45. The fourth-order valence-corrected chi connectivity index (χ4v) is 3.60. The van der Waals surface area contributed by atoms with Gasteiger partial charge in [0.15, 0.2) is 0 Å². The van der Waals surface area contributed by atoms with Gasteiger partial charge in [-0.2, -0.15) is 0 Å². The zero-order valence-electron chi connectivity index (χ0n) is 15.3. The van der Waals surface area contributed by atoms with Crippen molar-refractivity contribution in [2.24, 2.45) is 0 Å². The van der Waals surface area contributed by atoms with Crippen LogP contribution in [0.4, 0.5) is 13.2 Å². The molecule has 0 bridgehead atoms. The van der Waals surface area contributed by atoms with Crippen molar-refractivity contribution >= 4 is 12.4 Å². The van der Waals surface area contributed by atoms with Crippen LogP contribution in [0.1, 0.15) is 37.3 Å². The van der Waals surface area contributed by atoms with Gasteiger partial charge in [0, 0.05) is 25.5 Å². The number of carbonyl (C=O) groups excluding carboxylic acids is 1. The molecule has 0 saturated carbocycles. The predicted molar refractivity (Wildman–Crippen MR) is 93.2 cm³/mol. The Bertz CT molecular complexity index is 616. The number of carbonyl (C=O) groups is 2. The topological polar surface area (TPSA) is 83.0 Å². The van der Waals surface area contributed by atoms with Gasteiger partial charge >= 0.3 is 6.36 Å². The molecule has 1 amide bonds. The van der Waals surface area contributed by atoms with E-state index < -0.39 is 18.5 Å². The minimum atomic E-state index is -4.62. The highest BCUT2D eigenvalue weighted by atomic mass is 19.4. The molecule has 0 spiro atoms. The molecule has 3 heterocycles. The maximum atomic E-state index is 13.1. The van der Waals surface area contributed by atoms with Gasteiger partial charge in [0.05, 0.1) is 6.10 Å². The van der Waals surface area contributed by atoms with E-state index in [0.717, 1.165) is 31.5 Å². The number of rotatable bonds is 4. The van der Waals surface area contributed by atoms with Crippen molar-refractivity contribution in [3.05, 3.63) is 30.1 Å². The van der Waals surface area contributed by atoms with Crippen molar-refractivity contribution in [3.8, 4) is 0 Å². The van der Waals surface area contributed by atoms with E-state index in [0.29, 0.717) is 0 Å². The first-order valence-corrected chi connectivity index (χ1v) is 9.11. The van der Waals surface area contributed by atoms with E-state index in [-0.39, 0.29) is 38.3 Å². The fourth-order valence-electron chi connectivity index (χ4n) is 3.60. The first kappa shape index (κ1) is 22.1. The SMILES string of the molecule is O=C(C(c1cccnc1)N1CCCC1)N1CCC(OC(F)(F)F)CC1.O=CO. The summed E-state index contributed by atoms with van der Waals surface area (Å²) in [6.45, 7) is 2.01. The van der Waals surface area contributed by atoms with Crippen LogP contribution in [-0.4, -0.2) is 70.9 Å². The van der Waals surface area contributed by atoms with Gasteiger partial charge in [0.1, 0.15) is 6.04 Å². The van der Waals surface area contributed by atoms with E-state index in [9.17, 15) is 18.0 Å². The van der Waals surface area contributed by atoms with Crippen LogP contribution >= 0.6 is 0 Å². The van der Waals surface area contributed by atoms with Crippen molar-refractivity contribution in [2.75, 3.05) is 26.2 Å². The van der Waals surface area contributed by atoms with Crippen LogP contribution in [0.25, 0.3) is 0 Å². The largest absolute Gasteiger partial charge is 0.522 e. The maximum absolute atomic E-state index is 13.1. The van der Waals surface area contributed by atoms with Gasteiger partial charge in [-0.15, -0.1) is 13.2 Å². The van der Waals surface area contributed by atoms with Crippen LogP contribution in [0, 0.1) is 0 Å². The molecule has 2 saturated heterocycles. The molecule has 0 aliphatic carbocycles. The minimum Gasteiger partial charge on any atom is -0.483 e. The van der Waals surface area contributed by atoms with Crippen LogP contribution in [-0.2, 0) is 14.3 Å². The smallest absolute Gasteiger partial charge is 0.483 e. The van der Waals surface area contributed by atoms with Crippen LogP contribution in [0.15, 0.2) is 24.5 Å². The summed E-state index contributed by atoms with van der Waals surface area (Å²) in [5.41, 5.74) is 0.836. The van der Waals surface area contributed by atoms with Gasteiger partial charge in [-0.1, -0.05) is 6.07 Å². The zero-order chi connectivity index (χ0) is 20.6. The molecule has 0 radical (unpaired) electrons. The summed E-state index contributed by atoms with van der Waals surface area (Å²) >= 11 is 0. The average molecular weight is 403 g/mol. The van der Waals surface area contributed by atoms with E-state index in [1.807, 2.05) is 6.07 Å². The molecule has 1 N–H and O–H groups in total. The molecule has 1 unspecified atom stereocenters. The number of alkyl halides is 3. The molecule has 2 aliphatic heterocycles. The number of amides is 1. The zero-order valence-corrected chi connectivity index (χ0v) is 15.3. The van der Waals surface area contributed by atoms with E-state index in [1.165, 1.54) is 0 Å². The van der Waals surface area contributed by atoms with Crippen molar-refractivity contribution in [1.82, 2.24) is 14.8 Å². The number of carboxylic acid groups (broad SMARTS) is 1. The number of hydrogen-bond donors (Lipinski definition) is 1. The Morgan fingerprint density at radius 2 is 1.86 bits per heavy atom. The van der Waals surface area contributed by atoms with Crippen LogP contribution in [0.3, 0.4) is 0 Å². The highest BCUT2D eigenvalue weighted by Crippen LogP contribution is 2.29. The van der Waals surface area contributed by atoms with Crippen molar-refractivity contribution in [2.45, 2.75) is 44.2 Å². The van der Waals surface area contributed by atoms with Gasteiger partial charge in [-0.05, 0) is 50.4 Å². The van der Waals surface area contributed by atoms with Gasteiger partial charge < -0.3 is 10.0 Å². The van der Waals surface area contributed by atoms with E-state index in [1.54, 1.807) is 23.4 Å². The average Bonchev–Trinajstić information content (AvgIpc) is 3.17. The van der Waals surface area contributed by atoms with Crippen LogP contribution in [0.2, 0.25) is 0 Å². The Kier molecular flexibility index (Phi) is 8.18. The summed E-state index contributed by atoms with van der Waals surface area (Å²) < 4.78 is 41.1. The highest BCUT2D eigenvalue weighted by Gasteiger charge is 2.38. The third-order valence-electron chi connectivity index (χ3n) is 4.79. The Labute approximate surface area is 161 Å². The lowest BCUT2D eigenvalue weighted by Gasteiger charge is -2.36.